The number of ether oxygens (including phenoxy) is 1. The summed E-state index contributed by atoms with van der Waals surface area (Å²) in [5.41, 5.74) is 0.582. The lowest BCUT2D eigenvalue weighted by Gasteiger charge is -2.34. The summed E-state index contributed by atoms with van der Waals surface area (Å²) in [6.45, 7) is 9.81. The molecule has 0 saturated carbocycles. The molecule has 1 saturated heterocycles. The standard InChI is InChI=1S/C29H31N3O6/c1-15-25(35)23(17(3)33)27-24(26(15)36)29(4)21(38-27)14-20(34)22(28(29)37)16(2)30-18-6-8-19(9-7-18)32-12-10-31(5)11-13-32/h6-9,14,30,35-36H,10-13H2,1-5H3/b22-16+/t29-/m0/s1. The third kappa shape index (κ3) is 3.77. The molecule has 9 heteroatoms. The highest BCUT2D eigenvalue weighted by atomic mass is 16.5. The van der Waals surface area contributed by atoms with Crippen molar-refractivity contribution in [2.24, 2.45) is 0 Å². The van der Waals surface area contributed by atoms with Crippen molar-refractivity contribution < 1.29 is 29.3 Å². The Bertz CT molecular complexity index is 1450. The van der Waals surface area contributed by atoms with Gasteiger partial charge in [-0.3, -0.25) is 14.4 Å². The third-order valence-electron chi connectivity index (χ3n) is 7.83. The second kappa shape index (κ2) is 9.02. The summed E-state index contributed by atoms with van der Waals surface area (Å²) < 4.78 is 5.82. The number of phenolic OH excluding ortho intramolecular Hbond substituents is 2. The molecule has 9 nitrogen and oxygen atoms in total. The van der Waals surface area contributed by atoms with Crippen LogP contribution in [0.2, 0.25) is 0 Å². The van der Waals surface area contributed by atoms with E-state index >= 15 is 0 Å². The molecule has 1 aliphatic carbocycles. The average Bonchev–Trinajstić information content (AvgIpc) is 3.16. The number of fused-ring (bicyclic) bond motifs is 3. The van der Waals surface area contributed by atoms with E-state index in [0.717, 1.165) is 37.6 Å². The zero-order valence-corrected chi connectivity index (χ0v) is 22.1. The molecule has 38 heavy (non-hydrogen) atoms. The van der Waals surface area contributed by atoms with Crippen molar-refractivity contribution in [3.63, 3.8) is 0 Å². The normalized spacial score (nSPS) is 22.4. The SMILES string of the molecule is CC(=O)c1c(O)c(C)c(O)c2c1OC1=CC(=O)/C(=C(/C)Nc3ccc(N4CCN(C)CC4)cc3)C(=O)[C@@]12C. The molecular weight excluding hydrogens is 486 g/mol. The highest BCUT2D eigenvalue weighted by molar-refractivity contribution is 6.31. The predicted octanol–water partition coefficient (Wildman–Crippen LogP) is 3.43. The molecule has 0 bridgehead atoms. The van der Waals surface area contributed by atoms with Crippen LogP contribution >= 0.6 is 0 Å². The first-order chi connectivity index (χ1) is 17.9. The lowest BCUT2D eigenvalue weighted by atomic mass is 9.70. The lowest BCUT2D eigenvalue weighted by Crippen LogP contribution is -2.44. The lowest BCUT2D eigenvalue weighted by molar-refractivity contribution is -0.123. The minimum atomic E-state index is -1.54. The van der Waals surface area contributed by atoms with Crippen LogP contribution in [0.4, 0.5) is 11.4 Å². The van der Waals surface area contributed by atoms with E-state index in [-0.39, 0.29) is 39.5 Å². The molecule has 0 amide bonds. The quantitative estimate of drug-likeness (QED) is 0.318. The van der Waals surface area contributed by atoms with Gasteiger partial charge in [-0.15, -0.1) is 0 Å². The zero-order valence-electron chi connectivity index (χ0n) is 22.1. The van der Waals surface area contributed by atoms with E-state index in [0.29, 0.717) is 5.70 Å². The Hall–Kier alpha value is -4.11. The minimum Gasteiger partial charge on any atom is -0.507 e. The second-order valence-electron chi connectivity index (χ2n) is 10.3. The highest BCUT2D eigenvalue weighted by Crippen LogP contribution is 2.57. The number of aromatic hydroxyl groups is 2. The first kappa shape index (κ1) is 25.5. The Morgan fingerprint density at radius 2 is 1.66 bits per heavy atom. The number of Topliss-reactive ketones (excluding diaryl/α,β-unsaturated/α-hetero) is 2. The van der Waals surface area contributed by atoms with Gasteiger partial charge in [0.05, 0.1) is 11.1 Å². The number of hydrogen-bond donors (Lipinski definition) is 3. The summed E-state index contributed by atoms with van der Waals surface area (Å²) in [4.78, 5) is 44.0. The van der Waals surface area contributed by atoms with Gasteiger partial charge < -0.3 is 30.1 Å². The van der Waals surface area contributed by atoms with Gasteiger partial charge in [0.2, 0.25) is 0 Å². The van der Waals surface area contributed by atoms with Gasteiger partial charge in [-0.2, -0.15) is 0 Å². The molecule has 2 aromatic rings. The number of hydrogen-bond acceptors (Lipinski definition) is 9. The largest absolute Gasteiger partial charge is 0.507 e. The predicted molar refractivity (Wildman–Crippen MR) is 143 cm³/mol. The van der Waals surface area contributed by atoms with E-state index in [1.54, 1.807) is 13.8 Å². The van der Waals surface area contributed by atoms with Gasteiger partial charge in [-0.05, 0) is 59.0 Å². The Kier molecular flexibility index (Phi) is 6.06. The molecule has 0 aromatic heterocycles. The van der Waals surface area contributed by atoms with Crippen molar-refractivity contribution in [3.8, 4) is 17.2 Å². The molecule has 1 atom stereocenters. The number of carbonyl (C=O) groups excluding carboxylic acids is 3. The second-order valence-corrected chi connectivity index (χ2v) is 10.3. The van der Waals surface area contributed by atoms with Gasteiger partial charge in [-0.25, -0.2) is 0 Å². The Labute approximate surface area is 221 Å². The van der Waals surface area contributed by atoms with E-state index in [1.807, 2.05) is 24.3 Å². The molecular formula is C29H31N3O6. The summed E-state index contributed by atoms with van der Waals surface area (Å²) in [6.07, 6.45) is 1.22. The van der Waals surface area contributed by atoms with Crippen LogP contribution in [0, 0.1) is 6.92 Å². The first-order valence-electron chi connectivity index (χ1n) is 12.6. The van der Waals surface area contributed by atoms with Crippen molar-refractivity contribution in [2.45, 2.75) is 33.1 Å². The minimum absolute atomic E-state index is 0.0124. The summed E-state index contributed by atoms with van der Waals surface area (Å²) in [7, 11) is 2.11. The molecule has 1 fully saturated rings. The molecule has 3 N–H and O–H groups in total. The van der Waals surface area contributed by atoms with E-state index in [4.69, 9.17) is 4.74 Å². The number of nitrogens with zero attached hydrogens (tertiary/aromatic N) is 2. The number of ketones is 3. The summed E-state index contributed by atoms with van der Waals surface area (Å²) >= 11 is 0. The Morgan fingerprint density at radius 1 is 1.03 bits per heavy atom. The summed E-state index contributed by atoms with van der Waals surface area (Å²) in [5, 5.41) is 24.6. The van der Waals surface area contributed by atoms with Crippen molar-refractivity contribution in [3.05, 3.63) is 64.1 Å². The number of carbonyl (C=O) groups is 3. The third-order valence-corrected chi connectivity index (χ3v) is 7.83. The maximum absolute atomic E-state index is 13.9. The van der Waals surface area contributed by atoms with Gasteiger partial charge in [0.25, 0.3) is 0 Å². The smallest absolute Gasteiger partial charge is 0.194 e. The molecule has 198 valence electrons. The molecule has 2 aromatic carbocycles. The molecule has 3 aliphatic rings. The topological polar surface area (TPSA) is 119 Å². The number of anilines is 2. The molecule has 0 radical (unpaired) electrons. The van der Waals surface area contributed by atoms with Gasteiger partial charge in [0.1, 0.15) is 34.0 Å². The number of benzene rings is 2. The number of allylic oxidation sites excluding steroid dienone is 4. The Balaban J connectivity index is 1.50. The van der Waals surface area contributed by atoms with Crippen LogP contribution in [0.1, 0.15) is 42.3 Å². The van der Waals surface area contributed by atoms with Crippen LogP contribution in [0.5, 0.6) is 17.2 Å². The monoisotopic (exact) mass is 517 g/mol. The van der Waals surface area contributed by atoms with Crippen LogP contribution in [0.15, 0.2) is 47.4 Å². The fraction of sp³-hybridized carbons (Fsp3) is 0.345. The van der Waals surface area contributed by atoms with Gasteiger partial charge in [0, 0.05) is 54.9 Å². The number of piperazine rings is 1. The van der Waals surface area contributed by atoms with Gasteiger partial charge in [0.15, 0.2) is 17.3 Å². The fourth-order valence-corrected chi connectivity index (χ4v) is 5.46. The maximum atomic E-state index is 13.9. The summed E-state index contributed by atoms with van der Waals surface area (Å²) in [5.74, 6) is -2.44. The molecule has 2 aliphatic heterocycles. The zero-order chi connectivity index (χ0) is 27.5. The average molecular weight is 518 g/mol. The van der Waals surface area contributed by atoms with Crippen LogP contribution in [-0.4, -0.2) is 65.7 Å². The summed E-state index contributed by atoms with van der Waals surface area (Å²) in [6, 6.07) is 7.83. The number of likely N-dealkylation sites (N-methyl/N-ethyl adjacent to an activating group) is 1. The van der Waals surface area contributed by atoms with Crippen LogP contribution in [-0.2, 0) is 15.0 Å². The van der Waals surface area contributed by atoms with Crippen LogP contribution in [0.3, 0.4) is 0 Å². The van der Waals surface area contributed by atoms with Crippen molar-refractivity contribution in [2.75, 3.05) is 43.4 Å². The van der Waals surface area contributed by atoms with Gasteiger partial charge >= 0.3 is 0 Å². The molecule has 5 rings (SSSR count). The van der Waals surface area contributed by atoms with E-state index in [1.165, 1.54) is 19.9 Å². The van der Waals surface area contributed by atoms with Crippen molar-refractivity contribution in [1.29, 1.82) is 0 Å². The van der Waals surface area contributed by atoms with Crippen molar-refractivity contribution >= 4 is 28.7 Å². The van der Waals surface area contributed by atoms with E-state index < -0.39 is 28.5 Å². The Morgan fingerprint density at radius 3 is 2.26 bits per heavy atom. The fourth-order valence-electron chi connectivity index (χ4n) is 5.46. The van der Waals surface area contributed by atoms with E-state index in [9.17, 15) is 24.6 Å². The molecule has 0 unspecified atom stereocenters. The number of rotatable bonds is 4. The van der Waals surface area contributed by atoms with Crippen LogP contribution < -0.4 is 15.0 Å². The molecule has 2 heterocycles. The maximum Gasteiger partial charge on any atom is 0.194 e. The van der Waals surface area contributed by atoms with E-state index in [2.05, 4.69) is 22.2 Å². The number of phenols is 2. The van der Waals surface area contributed by atoms with Crippen molar-refractivity contribution in [1.82, 2.24) is 4.90 Å². The molecule has 0 spiro atoms. The van der Waals surface area contributed by atoms with Crippen LogP contribution in [0.25, 0.3) is 0 Å². The highest BCUT2D eigenvalue weighted by Gasteiger charge is 2.56. The van der Waals surface area contributed by atoms with Gasteiger partial charge in [-0.1, -0.05) is 0 Å². The number of nitrogens with one attached hydrogen (secondary N) is 1. The first-order valence-corrected chi connectivity index (χ1v) is 12.6.